The van der Waals surface area contributed by atoms with Crippen LogP contribution in [0.3, 0.4) is 0 Å². The first kappa shape index (κ1) is 49.8. The average Bonchev–Trinajstić information content (AvgIpc) is 3.10. The summed E-state index contributed by atoms with van der Waals surface area (Å²) in [5.74, 6) is -0.913. The van der Waals surface area contributed by atoms with Crippen molar-refractivity contribution < 1.29 is 37.9 Å². The Hall–Kier alpha value is -1.21. The van der Waals surface area contributed by atoms with E-state index in [-0.39, 0.29) is 19.4 Å². The number of phosphoric ester groups is 1. The van der Waals surface area contributed by atoms with Gasteiger partial charge in [0.05, 0.1) is 6.61 Å². The maximum atomic E-state index is 12.3. The number of hydrogen-bond donors (Lipinski definition) is 2. The standard InChI is InChI=1S/C42H81O8P/c1-3-5-7-9-11-13-15-16-17-18-19-20-21-22-23-24-25-26-27-29-30-32-34-36-41(43)48-38-40(39-49-51(45,46)47)50-42(44)37-35-33-31-28-14-12-10-8-6-4-2/h29-30,40H,3-28,31-39H2,1-2H3,(H2,45,46,47)/b30-29+/t40-/m1/s1. The fourth-order valence-corrected chi connectivity index (χ4v) is 6.68. The fraction of sp³-hybridized carbons (Fsp3) is 0.905. The van der Waals surface area contributed by atoms with Crippen molar-refractivity contribution in [3.05, 3.63) is 12.2 Å². The molecule has 0 saturated heterocycles. The summed E-state index contributed by atoms with van der Waals surface area (Å²) in [6.07, 6.45) is 42.5. The Bertz CT molecular complexity index is 843. The molecule has 51 heavy (non-hydrogen) atoms. The highest BCUT2D eigenvalue weighted by Gasteiger charge is 2.22. The summed E-state index contributed by atoms with van der Waals surface area (Å²) < 4.78 is 26.3. The van der Waals surface area contributed by atoms with Gasteiger partial charge in [0.2, 0.25) is 0 Å². The van der Waals surface area contributed by atoms with E-state index in [9.17, 15) is 14.2 Å². The van der Waals surface area contributed by atoms with Gasteiger partial charge in [-0.2, -0.15) is 0 Å². The van der Waals surface area contributed by atoms with Crippen LogP contribution in [0.25, 0.3) is 0 Å². The molecule has 0 aromatic rings. The normalized spacial score (nSPS) is 12.5. The number of hydrogen-bond acceptors (Lipinski definition) is 6. The van der Waals surface area contributed by atoms with Gasteiger partial charge < -0.3 is 19.3 Å². The Morgan fingerprint density at radius 1 is 0.490 bits per heavy atom. The molecular weight excluding hydrogens is 663 g/mol. The molecule has 0 bridgehead atoms. The van der Waals surface area contributed by atoms with Gasteiger partial charge in [0, 0.05) is 12.8 Å². The van der Waals surface area contributed by atoms with Gasteiger partial charge in [-0.15, -0.1) is 0 Å². The fourth-order valence-electron chi connectivity index (χ4n) is 6.32. The van der Waals surface area contributed by atoms with Crippen molar-refractivity contribution in [3.8, 4) is 0 Å². The number of carbonyl (C=O) groups is 2. The van der Waals surface area contributed by atoms with Gasteiger partial charge in [0.1, 0.15) is 6.61 Å². The molecule has 0 unspecified atom stereocenters. The second kappa shape index (κ2) is 38.5. The molecular formula is C42H81O8P. The molecule has 8 nitrogen and oxygen atoms in total. The number of phosphoric acid groups is 1. The third-order valence-electron chi connectivity index (χ3n) is 9.53. The van der Waals surface area contributed by atoms with Crippen molar-refractivity contribution in [2.45, 2.75) is 232 Å². The molecule has 2 N–H and O–H groups in total. The summed E-state index contributed by atoms with van der Waals surface area (Å²) in [5.41, 5.74) is 0. The van der Waals surface area contributed by atoms with Crippen LogP contribution in [0.2, 0.25) is 0 Å². The molecule has 0 aliphatic rings. The van der Waals surface area contributed by atoms with E-state index >= 15 is 0 Å². The highest BCUT2D eigenvalue weighted by Crippen LogP contribution is 2.36. The summed E-state index contributed by atoms with van der Waals surface area (Å²) in [5, 5.41) is 0. The SMILES string of the molecule is CCCCCCCCCCCCCCCCCCCC/C=C/CCCC(=O)OC[C@H](COP(=O)(O)O)OC(=O)CCCCCCCCCCCC. The number of rotatable bonds is 40. The third-order valence-corrected chi connectivity index (χ3v) is 10.0. The lowest BCUT2D eigenvalue weighted by Gasteiger charge is -2.18. The number of esters is 2. The van der Waals surface area contributed by atoms with Crippen molar-refractivity contribution in [2.24, 2.45) is 0 Å². The van der Waals surface area contributed by atoms with Crippen molar-refractivity contribution in [1.82, 2.24) is 0 Å². The predicted molar refractivity (Wildman–Crippen MR) is 212 cm³/mol. The molecule has 1 atom stereocenters. The highest BCUT2D eigenvalue weighted by atomic mass is 31.2. The molecule has 0 aliphatic carbocycles. The highest BCUT2D eigenvalue weighted by molar-refractivity contribution is 7.46. The van der Waals surface area contributed by atoms with E-state index in [1.165, 1.54) is 154 Å². The first-order chi connectivity index (χ1) is 24.8. The van der Waals surface area contributed by atoms with Crippen molar-refractivity contribution in [2.75, 3.05) is 13.2 Å². The first-order valence-corrected chi connectivity index (χ1v) is 23.0. The van der Waals surface area contributed by atoms with E-state index in [1.807, 2.05) is 0 Å². The molecule has 302 valence electrons. The summed E-state index contributed by atoms with van der Waals surface area (Å²) in [7, 11) is -4.75. The van der Waals surface area contributed by atoms with Gasteiger partial charge in [-0.1, -0.05) is 193 Å². The van der Waals surface area contributed by atoms with Crippen LogP contribution in [-0.4, -0.2) is 41.0 Å². The molecule has 0 aromatic carbocycles. The molecule has 0 aromatic heterocycles. The van der Waals surface area contributed by atoms with Gasteiger partial charge in [0.15, 0.2) is 6.10 Å². The Balaban J connectivity index is 3.80. The number of unbranched alkanes of at least 4 members (excludes halogenated alkanes) is 28. The Morgan fingerprint density at radius 2 is 0.843 bits per heavy atom. The second-order valence-corrected chi connectivity index (χ2v) is 15.9. The van der Waals surface area contributed by atoms with Gasteiger partial charge in [0.25, 0.3) is 0 Å². The smallest absolute Gasteiger partial charge is 0.462 e. The number of ether oxygens (including phenoxy) is 2. The lowest BCUT2D eigenvalue weighted by atomic mass is 10.0. The maximum absolute atomic E-state index is 12.3. The summed E-state index contributed by atoms with van der Waals surface area (Å²) >= 11 is 0. The van der Waals surface area contributed by atoms with Gasteiger partial charge >= 0.3 is 19.8 Å². The Kier molecular flexibility index (Phi) is 37.6. The lowest BCUT2D eigenvalue weighted by molar-refractivity contribution is -0.161. The molecule has 0 rings (SSSR count). The van der Waals surface area contributed by atoms with Crippen LogP contribution in [-0.2, 0) is 28.2 Å². The zero-order chi connectivity index (χ0) is 37.5. The quantitative estimate of drug-likeness (QED) is 0.0275. The molecule has 0 radical (unpaired) electrons. The molecule has 0 fully saturated rings. The lowest BCUT2D eigenvalue weighted by Crippen LogP contribution is -2.29. The summed E-state index contributed by atoms with van der Waals surface area (Å²) in [6, 6.07) is 0. The van der Waals surface area contributed by atoms with Crippen LogP contribution >= 0.6 is 7.82 Å². The van der Waals surface area contributed by atoms with Crippen molar-refractivity contribution in [1.29, 1.82) is 0 Å². The zero-order valence-corrected chi connectivity index (χ0v) is 34.2. The monoisotopic (exact) mass is 745 g/mol. The molecule has 0 spiro atoms. The summed E-state index contributed by atoms with van der Waals surface area (Å²) in [6.45, 7) is 3.66. The van der Waals surface area contributed by atoms with Crippen LogP contribution in [0, 0.1) is 0 Å². The van der Waals surface area contributed by atoms with Gasteiger partial charge in [-0.25, -0.2) is 4.57 Å². The van der Waals surface area contributed by atoms with Gasteiger partial charge in [-0.05, 0) is 32.1 Å². The van der Waals surface area contributed by atoms with Crippen molar-refractivity contribution >= 4 is 19.8 Å². The van der Waals surface area contributed by atoms with E-state index in [4.69, 9.17) is 19.3 Å². The van der Waals surface area contributed by atoms with E-state index in [0.29, 0.717) is 12.8 Å². The second-order valence-electron chi connectivity index (χ2n) is 14.7. The van der Waals surface area contributed by atoms with Crippen LogP contribution in [0.4, 0.5) is 0 Å². The number of carbonyl (C=O) groups excluding carboxylic acids is 2. The largest absolute Gasteiger partial charge is 0.469 e. The molecule has 0 aliphatic heterocycles. The molecule has 0 saturated carbocycles. The minimum absolute atomic E-state index is 0.211. The zero-order valence-electron chi connectivity index (χ0n) is 33.3. The van der Waals surface area contributed by atoms with Crippen molar-refractivity contribution in [3.63, 3.8) is 0 Å². The van der Waals surface area contributed by atoms with E-state index in [1.54, 1.807) is 0 Å². The predicted octanol–water partition coefficient (Wildman–Crippen LogP) is 13.0. The van der Waals surface area contributed by atoms with E-state index in [2.05, 4.69) is 30.5 Å². The Morgan fingerprint density at radius 3 is 1.25 bits per heavy atom. The molecule has 0 heterocycles. The van der Waals surface area contributed by atoms with Crippen LogP contribution in [0.15, 0.2) is 12.2 Å². The maximum Gasteiger partial charge on any atom is 0.469 e. The number of allylic oxidation sites excluding steroid dienone is 2. The van der Waals surface area contributed by atoms with Crippen LogP contribution < -0.4 is 0 Å². The third kappa shape index (κ3) is 41.4. The topological polar surface area (TPSA) is 119 Å². The van der Waals surface area contributed by atoms with E-state index in [0.717, 1.165) is 32.1 Å². The van der Waals surface area contributed by atoms with Gasteiger partial charge in [-0.3, -0.25) is 14.1 Å². The molecule has 9 heteroatoms. The Labute approximate surface area is 314 Å². The summed E-state index contributed by atoms with van der Waals surface area (Å²) in [4.78, 5) is 42.7. The van der Waals surface area contributed by atoms with Crippen LogP contribution in [0.5, 0.6) is 0 Å². The van der Waals surface area contributed by atoms with Crippen LogP contribution in [0.1, 0.15) is 226 Å². The molecule has 0 amide bonds. The first-order valence-electron chi connectivity index (χ1n) is 21.5. The minimum Gasteiger partial charge on any atom is -0.462 e. The van der Waals surface area contributed by atoms with E-state index < -0.39 is 32.5 Å². The average molecular weight is 745 g/mol. The minimum atomic E-state index is -4.75.